The van der Waals surface area contributed by atoms with Gasteiger partial charge in [0.25, 0.3) is 5.91 Å². The lowest BCUT2D eigenvalue weighted by atomic mass is 10.1. The number of rotatable bonds is 5. The van der Waals surface area contributed by atoms with Crippen LogP contribution in [0.2, 0.25) is 10.0 Å². The fourth-order valence-corrected chi connectivity index (χ4v) is 3.60. The standard InChI is InChI=1S/C20H17Cl2N3OS/c1-12-5-3-4-6-14(12)11-27-20-23-10-17(22)18(25-20)19(26)24-15-8-7-13(2)16(21)9-15/h3-10H,11H2,1-2H3,(H,24,26). The van der Waals surface area contributed by atoms with Crippen molar-refractivity contribution in [3.63, 3.8) is 0 Å². The van der Waals surface area contributed by atoms with Crippen LogP contribution in [-0.4, -0.2) is 15.9 Å². The quantitative estimate of drug-likeness (QED) is 0.411. The Balaban J connectivity index is 1.75. The average Bonchev–Trinajstić information content (AvgIpc) is 2.65. The van der Waals surface area contributed by atoms with Gasteiger partial charge < -0.3 is 5.32 Å². The number of carbonyl (C=O) groups excluding carboxylic acids is 1. The summed E-state index contributed by atoms with van der Waals surface area (Å²) in [4.78, 5) is 21.1. The minimum atomic E-state index is -0.403. The molecule has 2 aromatic carbocycles. The third-order valence-electron chi connectivity index (χ3n) is 3.98. The molecule has 1 aromatic heterocycles. The van der Waals surface area contributed by atoms with Crippen LogP contribution in [0.15, 0.2) is 53.8 Å². The zero-order chi connectivity index (χ0) is 19.4. The Labute approximate surface area is 172 Å². The van der Waals surface area contributed by atoms with E-state index in [4.69, 9.17) is 23.2 Å². The number of amides is 1. The number of anilines is 1. The van der Waals surface area contributed by atoms with Crippen molar-refractivity contribution in [2.45, 2.75) is 24.8 Å². The van der Waals surface area contributed by atoms with E-state index in [0.29, 0.717) is 21.6 Å². The maximum Gasteiger partial charge on any atom is 0.275 e. The summed E-state index contributed by atoms with van der Waals surface area (Å²) < 4.78 is 0. The molecule has 1 heterocycles. The largest absolute Gasteiger partial charge is 0.321 e. The molecule has 3 rings (SSSR count). The van der Waals surface area contributed by atoms with Gasteiger partial charge in [-0.2, -0.15) is 0 Å². The Morgan fingerprint density at radius 2 is 1.85 bits per heavy atom. The predicted molar refractivity (Wildman–Crippen MR) is 112 cm³/mol. The average molecular weight is 418 g/mol. The number of aryl methyl sites for hydroxylation is 2. The Morgan fingerprint density at radius 1 is 1.07 bits per heavy atom. The van der Waals surface area contributed by atoms with Gasteiger partial charge in [-0.05, 0) is 42.7 Å². The van der Waals surface area contributed by atoms with Crippen molar-refractivity contribution in [2.75, 3.05) is 5.32 Å². The SMILES string of the molecule is Cc1ccc(NC(=O)c2nc(SCc3ccccc3C)ncc2Cl)cc1Cl. The number of nitrogens with one attached hydrogen (secondary N) is 1. The van der Waals surface area contributed by atoms with Crippen LogP contribution in [0.1, 0.15) is 27.2 Å². The Bertz CT molecular complexity index is 995. The molecule has 138 valence electrons. The van der Waals surface area contributed by atoms with Gasteiger partial charge in [-0.3, -0.25) is 4.79 Å². The van der Waals surface area contributed by atoms with Gasteiger partial charge in [-0.1, -0.05) is 65.3 Å². The van der Waals surface area contributed by atoms with Crippen molar-refractivity contribution in [2.24, 2.45) is 0 Å². The van der Waals surface area contributed by atoms with Crippen molar-refractivity contribution < 1.29 is 4.79 Å². The van der Waals surface area contributed by atoms with Gasteiger partial charge in [0.05, 0.1) is 11.2 Å². The molecular weight excluding hydrogens is 401 g/mol. The van der Waals surface area contributed by atoms with Crippen molar-refractivity contribution >= 4 is 46.6 Å². The normalized spacial score (nSPS) is 10.7. The van der Waals surface area contributed by atoms with E-state index in [2.05, 4.69) is 34.3 Å². The van der Waals surface area contributed by atoms with Crippen molar-refractivity contribution in [1.29, 1.82) is 0 Å². The van der Waals surface area contributed by atoms with E-state index in [-0.39, 0.29) is 10.7 Å². The van der Waals surface area contributed by atoms with Crippen molar-refractivity contribution in [3.05, 3.63) is 81.1 Å². The third-order valence-corrected chi connectivity index (χ3v) is 5.58. The van der Waals surface area contributed by atoms with Crippen LogP contribution in [-0.2, 0) is 5.75 Å². The molecule has 0 atom stereocenters. The minimum absolute atomic E-state index is 0.135. The molecule has 0 radical (unpaired) electrons. The van der Waals surface area contributed by atoms with E-state index >= 15 is 0 Å². The lowest BCUT2D eigenvalue weighted by Crippen LogP contribution is -2.15. The van der Waals surface area contributed by atoms with E-state index in [1.165, 1.54) is 29.1 Å². The van der Waals surface area contributed by atoms with Gasteiger partial charge in [0.1, 0.15) is 0 Å². The lowest BCUT2D eigenvalue weighted by molar-refractivity contribution is 0.102. The smallest absolute Gasteiger partial charge is 0.275 e. The van der Waals surface area contributed by atoms with Crippen molar-refractivity contribution in [1.82, 2.24) is 9.97 Å². The second-order valence-corrected chi connectivity index (χ2v) is 7.74. The molecule has 4 nitrogen and oxygen atoms in total. The molecule has 1 amide bonds. The summed E-state index contributed by atoms with van der Waals surface area (Å²) in [5, 5.41) is 4.04. The molecule has 0 aliphatic rings. The second-order valence-electron chi connectivity index (χ2n) is 5.98. The summed E-state index contributed by atoms with van der Waals surface area (Å²) in [7, 11) is 0. The highest BCUT2D eigenvalue weighted by atomic mass is 35.5. The van der Waals surface area contributed by atoms with Gasteiger partial charge >= 0.3 is 0 Å². The molecule has 1 N–H and O–H groups in total. The number of nitrogens with zero attached hydrogens (tertiary/aromatic N) is 2. The van der Waals surface area contributed by atoms with E-state index in [1.54, 1.807) is 12.1 Å². The van der Waals surface area contributed by atoms with Crippen LogP contribution >= 0.6 is 35.0 Å². The van der Waals surface area contributed by atoms with Gasteiger partial charge in [-0.15, -0.1) is 0 Å². The number of carbonyl (C=O) groups is 1. The third kappa shape index (κ3) is 5.01. The van der Waals surface area contributed by atoms with Gasteiger partial charge in [-0.25, -0.2) is 9.97 Å². The molecular formula is C20H17Cl2N3OS. The van der Waals surface area contributed by atoms with Crippen LogP contribution in [0.25, 0.3) is 0 Å². The molecule has 0 bridgehead atoms. The maximum absolute atomic E-state index is 12.6. The summed E-state index contributed by atoms with van der Waals surface area (Å²) in [5.74, 6) is 0.309. The van der Waals surface area contributed by atoms with E-state index in [1.807, 2.05) is 25.1 Å². The molecule has 0 unspecified atom stereocenters. The van der Waals surface area contributed by atoms with E-state index < -0.39 is 5.91 Å². The molecule has 0 aliphatic carbocycles. The number of thioether (sulfide) groups is 1. The Hall–Kier alpha value is -2.08. The Kier molecular flexibility index (Phi) is 6.37. The number of benzene rings is 2. The molecule has 7 heteroatoms. The van der Waals surface area contributed by atoms with E-state index in [0.717, 1.165) is 5.56 Å². The summed E-state index contributed by atoms with van der Waals surface area (Å²) >= 11 is 13.7. The fourth-order valence-electron chi connectivity index (χ4n) is 2.35. The zero-order valence-corrected chi connectivity index (χ0v) is 17.1. The first-order valence-corrected chi connectivity index (χ1v) is 9.95. The first-order chi connectivity index (χ1) is 12.9. The van der Waals surface area contributed by atoms with Crippen LogP contribution in [0.3, 0.4) is 0 Å². The number of hydrogen-bond donors (Lipinski definition) is 1. The highest BCUT2D eigenvalue weighted by Crippen LogP contribution is 2.25. The van der Waals surface area contributed by atoms with Gasteiger partial charge in [0, 0.05) is 16.5 Å². The fraction of sp³-hybridized carbons (Fsp3) is 0.150. The lowest BCUT2D eigenvalue weighted by Gasteiger charge is -2.09. The first-order valence-electron chi connectivity index (χ1n) is 8.21. The summed E-state index contributed by atoms with van der Waals surface area (Å²) in [6, 6.07) is 13.4. The number of hydrogen-bond acceptors (Lipinski definition) is 4. The van der Waals surface area contributed by atoms with Crippen LogP contribution < -0.4 is 5.32 Å². The predicted octanol–water partition coefficient (Wildman–Crippen LogP) is 5.94. The highest BCUT2D eigenvalue weighted by Gasteiger charge is 2.15. The molecule has 0 saturated heterocycles. The van der Waals surface area contributed by atoms with E-state index in [9.17, 15) is 4.79 Å². The molecule has 27 heavy (non-hydrogen) atoms. The first kappa shape index (κ1) is 19.7. The topological polar surface area (TPSA) is 54.9 Å². The van der Waals surface area contributed by atoms with Gasteiger partial charge in [0.15, 0.2) is 10.9 Å². The van der Waals surface area contributed by atoms with Crippen LogP contribution in [0, 0.1) is 13.8 Å². The second kappa shape index (κ2) is 8.74. The van der Waals surface area contributed by atoms with Gasteiger partial charge in [0.2, 0.25) is 0 Å². The van der Waals surface area contributed by atoms with Crippen LogP contribution in [0.4, 0.5) is 5.69 Å². The highest BCUT2D eigenvalue weighted by molar-refractivity contribution is 7.98. The summed E-state index contributed by atoms with van der Waals surface area (Å²) in [6.07, 6.45) is 1.45. The number of aromatic nitrogens is 2. The van der Waals surface area contributed by atoms with Crippen molar-refractivity contribution in [3.8, 4) is 0 Å². The van der Waals surface area contributed by atoms with Crippen LogP contribution in [0.5, 0.6) is 0 Å². The molecule has 0 saturated carbocycles. The number of halogens is 2. The Morgan fingerprint density at radius 3 is 2.59 bits per heavy atom. The summed E-state index contributed by atoms with van der Waals surface area (Å²) in [5.41, 5.74) is 4.05. The molecule has 0 spiro atoms. The maximum atomic E-state index is 12.6. The minimum Gasteiger partial charge on any atom is -0.321 e. The molecule has 0 fully saturated rings. The monoisotopic (exact) mass is 417 g/mol. The molecule has 3 aromatic rings. The molecule has 0 aliphatic heterocycles. The summed E-state index contributed by atoms with van der Waals surface area (Å²) in [6.45, 7) is 3.96. The zero-order valence-electron chi connectivity index (χ0n) is 14.8.